The molecule has 9 rings (SSSR count). The first-order valence-corrected chi connectivity index (χ1v) is 19.7. The van der Waals surface area contributed by atoms with Gasteiger partial charge in [-0.25, -0.2) is 14.0 Å². The van der Waals surface area contributed by atoms with Crippen LogP contribution in [0.5, 0.6) is 5.75 Å². The number of pyridine rings is 2. The van der Waals surface area contributed by atoms with Crippen LogP contribution in [-0.4, -0.2) is 42.8 Å². The zero-order chi connectivity index (χ0) is 37.0. The second kappa shape index (κ2) is 14.2. The predicted molar refractivity (Wildman–Crippen MR) is 202 cm³/mol. The summed E-state index contributed by atoms with van der Waals surface area (Å²) in [5, 5.41) is 22.6. The van der Waals surface area contributed by atoms with Gasteiger partial charge in [0.05, 0.1) is 10.1 Å². The lowest BCUT2D eigenvalue weighted by Gasteiger charge is -2.17. The third-order valence-corrected chi connectivity index (χ3v) is 12.6. The first kappa shape index (κ1) is 35.2. The highest BCUT2D eigenvalue weighted by molar-refractivity contribution is 7.99. The lowest BCUT2D eigenvalue weighted by atomic mass is 9.97. The number of thioether (sulfide) groups is 2. The van der Waals surface area contributed by atoms with Crippen LogP contribution in [0, 0.1) is 12.7 Å². The van der Waals surface area contributed by atoms with E-state index < -0.39 is 24.0 Å². The fourth-order valence-corrected chi connectivity index (χ4v) is 10.3. The molecule has 12 heteroatoms. The lowest BCUT2D eigenvalue weighted by Crippen LogP contribution is -2.29. The molecule has 4 aliphatic rings. The van der Waals surface area contributed by atoms with Crippen LogP contribution >= 0.6 is 23.5 Å². The van der Waals surface area contributed by atoms with Crippen LogP contribution in [0.15, 0.2) is 92.4 Å². The summed E-state index contributed by atoms with van der Waals surface area (Å²) in [6.07, 6.45) is 4.58. The number of carboxylic acids is 2. The van der Waals surface area contributed by atoms with E-state index in [-0.39, 0.29) is 16.9 Å². The second-order valence-electron chi connectivity index (χ2n) is 14.1. The van der Waals surface area contributed by atoms with Crippen molar-refractivity contribution in [3.8, 4) is 5.75 Å². The molecule has 0 amide bonds. The Morgan fingerprint density at radius 1 is 0.755 bits per heavy atom. The number of aryl methyl sites for hydroxylation is 1. The van der Waals surface area contributed by atoms with E-state index >= 15 is 0 Å². The SMILES string of the molecule is Cc1ccc(F)c(Cc2cc(=O)n3c(c2C2CC2)SC[C@H]3C(=O)O)c1.O=C(O)[C@@H]1CSc2c(C3CC3)c(COc3cccc4ccccc34)cc(=O)n21. The molecule has 0 saturated heterocycles. The van der Waals surface area contributed by atoms with Gasteiger partial charge in [0.15, 0.2) is 0 Å². The highest BCUT2D eigenvalue weighted by Gasteiger charge is 2.39. The van der Waals surface area contributed by atoms with E-state index in [9.17, 15) is 33.8 Å². The fourth-order valence-electron chi connectivity index (χ4n) is 7.44. The van der Waals surface area contributed by atoms with Gasteiger partial charge >= 0.3 is 11.9 Å². The van der Waals surface area contributed by atoms with Crippen LogP contribution in [0.25, 0.3) is 10.8 Å². The monoisotopic (exact) mass is 752 g/mol. The number of carbonyl (C=O) groups is 2. The molecule has 5 aromatic rings. The van der Waals surface area contributed by atoms with E-state index in [1.807, 2.05) is 55.5 Å². The first-order valence-electron chi connectivity index (χ1n) is 17.7. The summed E-state index contributed by atoms with van der Waals surface area (Å²) in [5.74, 6) is 0.102. The van der Waals surface area contributed by atoms with E-state index in [4.69, 9.17) is 4.74 Å². The Balaban J connectivity index is 0.000000152. The number of nitrogens with zero attached hydrogens (tertiary/aromatic N) is 2. The maximum Gasteiger partial charge on any atom is 0.327 e. The average Bonchev–Trinajstić information content (AvgIpc) is 4.06. The minimum Gasteiger partial charge on any atom is -0.488 e. The number of fused-ring (bicyclic) bond motifs is 3. The molecule has 9 nitrogen and oxygen atoms in total. The molecular weight excluding hydrogens is 716 g/mol. The van der Waals surface area contributed by atoms with Crippen LogP contribution in [-0.2, 0) is 22.6 Å². The molecule has 0 radical (unpaired) electrons. The van der Waals surface area contributed by atoms with Crippen molar-refractivity contribution in [2.75, 3.05) is 11.5 Å². The van der Waals surface area contributed by atoms with Gasteiger partial charge in [-0.2, -0.15) is 0 Å². The Kier molecular flexibility index (Phi) is 9.44. The number of hydrogen-bond acceptors (Lipinski definition) is 7. The highest BCUT2D eigenvalue weighted by Crippen LogP contribution is 2.50. The van der Waals surface area contributed by atoms with E-state index in [2.05, 4.69) is 0 Å². The number of benzene rings is 3. The Labute approximate surface area is 312 Å². The number of ether oxygens (including phenoxy) is 1. The molecular formula is C41H37FN2O7S2. The summed E-state index contributed by atoms with van der Waals surface area (Å²) < 4.78 is 23.2. The number of aliphatic carboxylic acids is 2. The molecule has 2 atom stereocenters. The maximum absolute atomic E-state index is 14.2. The van der Waals surface area contributed by atoms with E-state index in [0.717, 1.165) is 80.1 Å². The molecule has 0 unspecified atom stereocenters. The van der Waals surface area contributed by atoms with Gasteiger partial charge in [-0.1, -0.05) is 54.1 Å². The van der Waals surface area contributed by atoms with E-state index in [1.54, 1.807) is 12.1 Å². The summed E-state index contributed by atoms with van der Waals surface area (Å²) in [7, 11) is 0. The van der Waals surface area contributed by atoms with Crippen LogP contribution in [0.3, 0.4) is 0 Å². The van der Waals surface area contributed by atoms with Gasteiger partial charge < -0.3 is 14.9 Å². The van der Waals surface area contributed by atoms with Crippen molar-refractivity contribution in [3.63, 3.8) is 0 Å². The average molecular weight is 753 g/mol. The first-order chi connectivity index (χ1) is 25.6. The Hall–Kier alpha value is -4.81. The zero-order valence-corrected chi connectivity index (χ0v) is 30.6. The van der Waals surface area contributed by atoms with Crippen molar-refractivity contribution in [2.45, 2.75) is 79.6 Å². The number of rotatable bonds is 9. The van der Waals surface area contributed by atoms with Crippen molar-refractivity contribution in [1.29, 1.82) is 0 Å². The standard InChI is InChI=1S/C22H19NO4S.C19H18FNO3S/c24-19-10-15(11-27-18-7-3-5-13-4-1-2-6-16(13)18)20(14-8-9-14)21-23(19)17(12-28-21)22(25)26;1-10-2-5-14(20)12(6-10)7-13-8-16(22)21-15(19(23)24)9-25-18(21)17(13)11-3-4-11/h1-7,10,14,17H,8-9,11-12H2,(H,25,26);2,5-6,8,11,15H,3-4,7,9H2,1H3,(H,23,24)/t17-;15-/m00/s1. The second-order valence-corrected chi connectivity index (χ2v) is 16.1. The molecule has 2 N–H and O–H groups in total. The molecule has 2 aromatic heterocycles. The van der Waals surface area contributed by atoms with Crippen molar-refractivity contribution in [3.05, 3.63) is 133 Å². The molecule has 0 bridgehead atoms. The van der Waals surface area contributed by atoms with Gasteiger partial charge in [-0.05, 0) is 84.2 Å². The molecule has 0 spiro atoms. The molecule has 53 heavy (non-hydrogen) atoms. The van der Waals surface area contributed by atoms with Crippen molar-refractivity contribution in [2.24, 2.45) is 0 Å². The quantitative estimate of drug-likeness (QED) is 0.156. The Morgan fingerprint density at radius 3 is 1.92 bits per heavy atom. The topological polar surface area (TPSA) is 128 Å². The number of halogens is 1. The summed E-state index contributed by atoms with van der Waals surface area (Å²) in [4.78, 5) is 48.3. The maximum atomic E-state index is 14.2. The zero-order valence-electron chi connectivity index (χ0n) is 28.9. The summed E-state index contributed by atoms with van der Waals surface area (Å²) in [6, 6.07) is 20.5. The lowest BCUT2D eigenvalue weighted by molar-refractivity contribution is -0.141. The van der Waals surface area contributed by atoms with Crippen molar-refractivity contribution in [1.82, 2.24) is 9.13 Å². The van der Waals surface area contributed by atoms with Gasteiger partial charge in [-0.15, -0.1) is 23.5 Å². The Morgan fingerprint density at radius 2 is 1.32 bits per heavy atom. The predicted octanol–water partition coefficient (Wildman–Crippen LogP) is 7.68. The minimum atomic E-state index is -0.979. The molecule has 2 aliphatic carbocycles. The largest absolute Gasteiger partial charge is 0.488 e. The molecule has 272 valence electrons. The van der Waals surface area contributed by atoms with Crippen LogP contribution in [0.4, 0.5) is 4.39 Å². The minimum absolute atomic E-state index is 0.256. The summed E-state index contributed by atoms with van der Waals surface area (Å²) in [6.45, 7) is 2.22. The fraction of sp³-hybridized carbons (Fsp3) is 0.317. The van der Waals surface area contributed by atoms with Gasteiger partial charge in [0, 0.05) is 41.0 Å². The molecule has 2 aliphatic heterocycles. The summed E-state index contributed by atoms with van der Waals surface area (Å²) in [5.41, 5.74) is 4.86. The normalized spacial score (nSPS) is 18.6. The van der Waals surface area contributed by atoms with Crippen LogP contribution < -0.4 is 15.9 Å². The van der Waals surface area contributed by atoms with Crippen LogP contribution in [0.2, 0.25) is 0 Å². The number of aromatic nitrogens is 2. The molecule has 2 saturated carbocycles. The van der Waals surface area contributed by atoms with Gasteiger partial charge in [0.2, 0.25) is 0 Å². The number of hydrogen-bond donors (Lipinski definition) is 2. The number of carboxylic acid groups (broad SMARTS) is 2. The molecule has 3 aromatic carbocycles. The highest BCUT2D eigenvalue weighted by atomic mass is 32.2. The molecule has 4 heterocycles. The van der Waals surface area contributed by atoms with E-state index in [1.165, 1.54) is 44.8 Å². The van der Waals surface area contributed by atoms with Gasteiger partial charge in [-0.3, -0.25) is 18.7 Å². The van der Waals surface area contributed by atoms with Crippen molar-refractivity contribution >= 4 is 46.2 Å². The van der Waals surface area contributed by atoms with Gasteiger partial charge in [0.1, 0.15) is 30.3 Å². The van der Waals surface area contributed by atoms with Gasteiger partial charge in [0.25, 0.3) is 11.1 Å². The van der Waals surface area contributed by atoms with Crippen LogP contribution in [0.1, 0.15) is 83.0 Å². The van der Waals surface area contributed by atoms with Crippen molar-refractivity contribution < 1.29 is 28.9 Å². The summed E-state index contributed by atoms with van der Waals surface area (Å²) >= 11 is 2.91. The molecule has 2 fully saturated rings. The smallest absolute Gasteiger partial charge is 0.327 e. The van der Waals surface area contributed by atoms with E-state index in [0.29, 0.717) is 41.9 Å². The third-order valence-electron chi connectivity index (χ3n) is 10.3. The Bertz CT molecular complexity index is 2410. The third kappa shape index (κ3) is 6.90.